The molecule has 0 saturated carbocycles. The Balaban J connectivity index is 1.79. The van der Waals surface area contributed by atoms with E-state index in [2.05, 4.69) is 42.1 Å². The van der Waals surface area contributed by atoms with Crippen molar-refractivity contribution in [1.82, 2.24) is 14.4 Å². The molecule has 0 aromatic carbocycles. The Morgan fingerprint density at radius 3 is 2.73 bits per heavy atom. The molecule has 0 saturated heterocycles. The van der Waals surface area contributed by atoms with Gasteiger partial charge in [0.15, 0.2) is 0 Å². The summed E-state index contributed by atoms with van der Waals surface area (Å²) in [5, 5.41) is 3.44. The Labute approximate surface area is 153 Å². The highest BCUT2D eigenvalue weighted by Crippen LogP contribution is 2.23. The van der Waals surface area contributed by atoms with Crippen molar-refractivity contribution < 1.29 is 4.79 Å². The number of hydrogen-bond acceptors (Lipinski definition) is 4. The van der Waals surface area contributed by atoms with E-state index in [-0.39, 0.29) is 12.3 Å². The van der Waals surface area contributed by atoms with Crippen LogP contribution < -0.4 is 11.1 Å². The number of pyridine rings is 2. The molecule has 26 heavy (non-hydrogen) atoms. The SMILES string of the molecule is CC(C)(C)CCNc1cncc(-c2ccc3nc(CC(N)=O)cn3c2)c1. The number of imidazole rings is 1. The average molecular weight is 351 g/mol. The van der Waals surface area contributed by atoms with Crippen LogP contribution in [-0.4, -0.2) is 26.8 Å². The minimum absolute atomic E-state index is 0.145. The highest BCUT2D eigenvalue weighted by molar-refractivity contribution is 5.76. The third-order valence-electron chi connectivity index (χ3n) is 4.13. The van der Waals surface area contributed by atoms with Gasteiger partial charge in [-0.2, -0.15) is 0 Å². The largest absolute Gasteiger partial charge is 0.384 e. The van der Waals surface area contributed by atoms with Crippen molar-refractivity contribution in [3.05, 3.63) is 48.7 Å². The highest BCUT2D eigenvalue weighted by Gasteiger charge is 2.10. The minimum atomic E-state index is -0.383. The number of carbonyl (C=O) groups excluding carboxylic acids is 1. The Morgan fingerprint density at radius 2 is 2.00 bits per heavy atom. The second-order valence-corrected chi connectivity index (χ2v) is 7.76. The van der Waals surface area contributed by atoms with Crippen LogP contribution in [0.2, 0.25) is 0 Å². The first-order valence-corrected chi connectivity index (χ1v) is 8.75. The van der Waals surface area contributed by atoms with Crippen molar-refractivity contribution >= 4 is 17.2 Å². The van der Waals surface area contributed by atoms with Gasteiger partial charge in [0.25, 0.3) is 0 Å². The maximum Gasteiger partial charge on any atom is 0.223 e. The van der Waals surface area contributed by atoms with Gasteiger partial charge in [-0.05, 0) is 30.0 Å². The summed E-state index contributed by atoms with van der Waals surface area (Å²) in [5.41, 5.74) is 10.1. The topological polar surface area (TPSA) is 85.3 Å². The van der Waals surface area contributed by atoms with Gasteiger partial charge < -0.3 is 15.5 Å². The van der Waals surface area contributed by atoms with Gasteiger partial charge >= 0.3 is 0 Å². The van der Waals surface area contributed by atoms with Crippen LogP contribution in [0.4, 0.5) is 5.69 Å². The summed E-state index contributed by atoms with van der Waals surface area (Å²) in [7, 11) is 0. The number of rotatable bonds is 6. The van der Waals surface area contributed by atoms with Crippen LogP contribution in [0.3, 0.4) is 0 Å². The molecule has 0 radical (unpaired) electrons. The van der Waals surface area contributed by atoms with E-state index in [0.29, 0.717) is 11.1 Å². The Morgan fingerprint density at radius 1 is 1.19 bits per heavy atom. The highest BCUT2D eigenvalue weighted by atomic mass is 16.1. The predicted molar refractivity (Wildman–Crippen MR) is 104 cm³/mol. The summed E-state index contributed by atoms with van der Waals surface area (Å²) in [6, 6.07) is 6.03. The van der Waals surface area contributed by atoms with Gasteiger partial charge in [-0.25, -0.2) is 4.98 Å². The molecule has 0 aliphatic carbocycles. The Kier molecular flexibility index (Phi) is 4.93. The van der Waals surface area contributed by atoms with Crippen LogP contribution in [-0.2, 0) is 11.2 Å². The number of amides is 1. The molecule has 1 amide bonds. The van der Waals surface area contributed by atoms with Crippen LogP contribution >= 0.6 is 0 Å². The fraction of sp³-hybridized carbons (Fsp3) is 0.350. The lowest BCUT2D eigenvalue weighted by Gasteiger charge is -2.18. The lowest BCUT2D eigenvalue weighted by Crippen LogP contribution is -2.13. The molecule has 0 fully saturated rings. The third-order valence-corrected chi connectivity index (χ3v) is 4.13. The first-order chi connectivity index (χ1) is 12.3. The van der Waals surface area contributed by atoms with Crippen LogP contribution in [0.1, 0.15) is 32.9 Å². The van der Waals surface area contributed by atoms with E-state index in [1.165, 1.54) is 0 Å². The van der Waals surface area contributed by atoms with Crippen molar-refractivity contribution in [2.24, 2.45) is 11.1 Å². The number of aromatic nitrogens is 3. The molecule has 6 nitrogen and oxygen atoms in total. The first-order valence-electron chi connectivity index (χ1n) is 8.75. The smallest absolute Gasteiger partial charge is 0.223 e. The molecule has 0 aliphatic rings. The monoisotopic (exact) mass is 351 g/mol. The number of carbonyl (C=O) groups is 1. The summed E-state index contributed by atoms with van der Waals surface area (Å²) >= 11 is 0. The van der Waals surface area contributed by atoms with Crippen LogP contribution in [0.25, 0.3) is 16.8 Å². The molecule has 6 heteroatoms. The minimum Gasteiger partial charge on any atom is -0.384 e. The summed E-state index contributed by atoms with van der Waals surface area (Å²) in [6.45, 7) is 7.61. The molecule has 0 spiro atoms. The quantitative estimate of drug-likeness (QED) is 0.714. The number of nitrogens with two attached hydrogens (primary N) is 1. The maximum absolute atomic E-state index is 11.1. The van der Waals surface area contributed by atoms with E-state index in [1.54, 1.807) is 0 Å². The molecule has 3 rings (SSSR count). The maximum atomic E-state index is 11.1. The second-order valence-electron chi connectivity index (χ2n) is 7.76. The van der Waals surface area contributed by atoms with Crippen LogP contribution in [0.5, 0.6) is 0 Å². The number of hydrogen-bond donors (Lipinski definition) is 2. The van der Waals surface area contributed by atoms with Crippen LogP contribution in [0.15, 0.2) is 43.0 Å². The van der Waals surface area contributed by atoms with Crippen molar-refractivity contribution in [1.29, 1.82) is 0 Å². The second kappa shape index (κ2) is 7.15. The lowest BCUT2D eigenvalue weighted by atomic mass is 9.92. The van der Waals surface area contributed by atoms with Gasteiger partial charge in [0.1, 0.15) is 5.65 Å². The van der Waals surface area contributed by atoms with Gasteiger partial charge in [0.05, 0.1) is 17.8 Å². The molecule has 3 aromatic heterocycles. The molecular weight excluding hydrogens is 326 g/mol. The van der Waals surface area contributed by atoms with E-state index in [1.807, 2.05) is 41.3 Å². The molecule has 0 bridgehead atoms. The van der Waals surface area contributed by atoms with E-state index in [0.717, 1.165) is 35.4 Å². The molecule has 136 valence electrons. The molecule has 0 aliphatic heterocycles. The molecular formula is C20H25N5O. The lowest BCUT2D eigenvalue weighted by molar-refractivity contribution is -0.117. The van der Waals surface area contributed by atoms with Crippen molar-refractivity contribution in [3.8, 4) is 11.1 Å². The van der Waals surface area contributed by atoms with Crippen LogP contribution in [0, 0.1) is 5.41 Å². The zero-order valence-corrected chi connectivity index (χ0v) is 15.5. The number of anilines is 1. The summed E-state index contributed by atoms with van der Waals surface area (Å²) in [4.78, 5) is 19.8. The molecule has 3 heterocycles. The molecule has 0 atom stereocenters. The van der Waals surface area contributed by atoms with Crippen molar-refractivity contribution in [3.63, 3.8) is 0 Å². The first kappa shape index (κ1) is 17.9. The summed E-state index contributed by atoms with van der Waals surface area (Å²) in [5.74, 6) is -0.383. The standard InChI is InChI=1S/C20H25N5O/c1-20(2,3)6-7-23-16-8-15(10-22-11-16)14-4-5-19-24-17(9-18(21)26)13-25(19)12-14/h4-5,8,10-13,23H,6-7,9H2,1-3H3,(H2,21,26). The van der Waals surface area contributed by atoms with Gasteiger partial charge in [-0.15, -0.1) is 0 Å². The average Bonchev–Trinajstić information content (AvgIpc) is 2.94. The van der Waals surface area contributed by atoms with Gasteiger partial charge in [0, 0.05) is 42.5 Å². The third kappa shape index (κ3) is 4.59. The fourth-order valence-corrected chi connectivity index (χ4v) is 2.76. The van der Waals surface area contributed by atoms with E-state index < -0.39 is 0 Å². The van der Waals surface area contributed by atoms with Crippen molar-refractivity contribution in [2.75, 3.05) is 11.9 Å². The Bertz CT molecular complexity index is 923. The molecule has 3 aromatic rings. The van der Waals surface area contributed by atoms with E-state index in [4.69, 9.17) is 5.73 Å². The van der Waals surface area contributed by atoms with Gasteiger partial charge in [-0.1, -0.05) is 20.8 Å². The number of nitrogens with one attached hydrogen (secondary N) is 1. The van der Waals surface area contributed by atoms with Gasteiger partial charge in [0.2, 0.25) is 5.91 Å². The summed E-state index contributed by atoms with van der Waals surface area (Å²) < 4.78 is 1.91. The van der Waals surface area contributed by atoms with Crippen molar-refractivity contribution in [2.45, 2.75) is 33.6 Å². The number of fused-ring (bicyclic) bond motifs is 1. The normalized spacial score (nSPS) is 11.7. The van der Waals surface area contributed by atoms with E-state index in [9.17, 15) is 4.79 Å². The molecule has 0 unspecified atom stereocenters. The zero-order chi connectivity index (χ0) is 18.7. The molecule has 3 N–H and O–H groups in total. The Hall–Kier alpha value is -2.89. The predicted octanol–water partition coefficient (Wildman–Crippen LogP) is 3.27. The zero-order valence-electron chi connectivity index (χ0n) is 15.5. The number of nitrogens with zero attached hydrogens (tertiary/aromatic N) is 3. The number of primary amides is 1. The summed E-state index contributed by atoms with van der Waals surface area (Å²) in [6.07, 6.45) is 8.74. The van der Waals surface area contributed by atoms with Gasteiger partial charge in [-0.3, -0.25) is 9.78 Å². The fourth-order valence-electron chi connectivity index (χ4n) is 2.76. The van der Waals surface area contributed by atoms with E-state index >= 15 is 0 Å².